The van der Waals surface area contributed by atoms with Gasteiger partial charge in [-0.25, -0.2) is 0 Å². The highest BCUT2D eigenvalue weighted by Gasteiger charge is 2.36. The number of nitrogens with one attached hydrogen (secondary N) is 1. The third-order valence-corrected chi connectivity index (χ3v) is 6.13. The lowest BCUT2D eigenvalue weighted by Crippen LogP contribution is -2.44. The van der Waals surface area contributed by atoms with Crippen molar-refractivity contribution in [2.45, 2.75) is 31.3 Å². The van der Waals surface area contributed by atoms with Gasteiger partial charge in [-0.1, -0.05) is 18.2 Å². The molecule has 3 heterocycles. The molecule has 0 bridgehead atoms. The maximum Gasteiger partial charge on any atom is 0.179 e. The van der Waals surface area contributed by atoms with Gasteiger partial charge in [0.2, 0.25) is 0 Å². The Morgan fingerprint density at radius 3 is 2.67 bits per heavy atom. The number of Topliss-reactive ketones (excluding diaryl/α,β-unsaturated/α-hetero) is 1. The van der Waals surface area contributed by atoms with Crippen LogP contribution < -0.4 is 5.32 Å². The second-order valence-electron chi connectivity index (χ2n) is 7.70. The van der Waals surface area contributed by atoms with Gasteiger partial charge in [0.25, 0.3) is 0 Å². The molecule has 2 aromatic carbocycles. The Morgan fingerprint density at radius 1 is 1.00 bits per heavy atom. The molecule has 3 aromatic rings. The van der Waals surface area contributed by atoms with Crippen molar-refractivity contribution >= 4 is 16.7 Å². The van der Waals surface area contributed by atoms with Crippen LogP contribution in [0.15, 0.2) is 60.8 Å². The molecule has 2 fully saturated rings. The Bertz CT molecular complexity index is 953. The van der Waals surface area contributed by atoms with E-state index in [0.717, 1.165) is 50.1 Å². The predicted molar refractivity (Wildman–Crippen MR) is 109 cm³/mol. The molecule has 2 atom stereocenters. The lowest BCUT2D eigenvalue weighted by atomic mass is 10.0. The molecule has 4 heteroatoms. The van der Waals surface area contributed by atoms with Gasteiger partial charge >= 0.3 is 0 Å². The molecule has 0 radical (unpaired) electrons. The second-order valence-corrected chi connectivity index (χ2v) is 7.70. The van der Waals surface area contributed by atoms with E-state index in [2.05, 4.69) is 63.4 Å². The molecule has 27 heavy (non-hydrogen) atoms. The molecule has 0 saturated carbocycles. The van der Waals surface area contributed by atoms with E-state index >= 15 is 0 Å². The van der Waals surface area contributed by atoms with Gasteiger partial charge in [0, 0.05) is 30.0 Å². The third kappa shape index (κ3) is 2.99. The van der Waals surface area contributed by atoms with Gasteiger partial charge in [-0.3, -0.25) is 9.69 Å². The number of rotatable bonds is 4. The number of hydrogen-bond acceptors (Lipinski definition) is 3. The van der Waals surface area contributed by atoms with Crippen molar-refractivity contribution < 1.29 is 4.79 Å². The molecule has 2 aliphatic rings. The fourth-order valence-corrected chi connectivity index (χ4v) is 4.72. The molecule has 4 nitrogen and oxygen atoms in total. The molecule has 0 spiro atoms. The lowest BCUT2D eigenvalue weighted by molar-refractivity contribution is 0.0826. The first-order valence-electron chi connectivity index (χ1n) is 9.98. The summed E-state index contributed by atoms with van der Waals surface area (Å²) in [7, 11) is 0. The largest absolute Gasteiger partial charge is 0.317 e. The maximum absolute atomic E-state index is 13.2. The number of hydrogen-bond donors (Lipinski definition) is 1. The number of para-hydroxylation sites is 1. The van der Waals surface area contributed by atoms with Crippen LogP contribution in [0, 0.1) is 0 Å². The topological polar surface area (TPSA) is 37.3 Å². The van der Waals surface area contributed by atoms with E-state index in [0.29, 0.717) is 6.04 Å². The highest BCUT2D eigenvalue weighted by molar-refractivity contribution is 6.00. The van der Waals surface area contributed by atoms with Gasteiger partial charge in [-0.05, 0) is 74.1 Å². The van der Waals surface area contributed by atoms with Gasteiger partial charge in [-0.2, -0.15) is 0 Å². The first-order chi connectivity index (χ1) is 13.3. The van der Waals surface area contributed by atoms with E-state index in [1.54, 1.807) is 0 Å². The Morgan fingerprint density at radius 2 is 1.85 bits per heavy atom. The Balaban J connectivity index is 1.39. The van der Waals surface area contributed by atoms with E-state index in [1.165, 1.54) is 10.9 Å². The lowest BCUT2D eigenvalue weighted by Gasteiger charge is -2.29. The molecular formula is C23H25N3O. The first-order valence-corrected chi connectivity index (χ1v) is 9.98. The van der Waals surface area contributed by atoms with Crippen molar-refractivity contribution in [3.05, 3.63) is 66.4 Å². The van der Waals surface area contributed by atoms with E-state index < -0.39 is 0 Å². The van der Waals surface area contributed by atoms with Crippen LogP contribution in [0.25, 0.3) is 16.6 Å². The van der Waals surface area contributed by atoms with Crippen LogP contribution in [-0.4, -0.2) is 47.0 Å². The van der Waals surface area contributed by atoms with Crippen molar-refractivity contribution in [1.29, 1.82) is 0 Å². The van der Waals surface area contributed by atoms with Gasteiger partial charge in [0.15, 0.2) is 5.78 Å². The molecule has 1 aromatic heterocycles. The number of nitrogens with zero attached hydrogens (tertiary/aromatic N) is 2. The van der Waals surface area contributed by atoms with Gasteiger partial charge in [0.05, 0.1) is 11.6 Å². The third-order valence-electron chi connectivity index (χ3n) is 6.13. The van der Waals surface area contributed by atoms with E-state index in [1.807, 2.05) is 12.1 Å². The quantitative estimate of drug-likeness (QED) is 0.723. The van der Waals surface area contributed by atoms with Crippen LogP contribution in [-0.2, 0) is 0 Å². The van der Waals surface area contributed by atoms with Crippen LogP contribution in [0.4, 0.5) is 0 Å². The molecule has 5 rings (SSSR count). The standard InChI is InChI=1S/C23H25N3O/c27-23(22-6-3-14-25(22)20-11-13-24-16-20)18-7-9-19(10-8-18)26-15-12-17-4-1-2-5-21(17)26/h1-2,4-5,7-10,12,15,20,22,24H,3,6,11,13-14,16H2/t20-,22+/m0/s1. The number of ketones is 1. The zero-order chi connectivity index (χ0) is 18.2. The molecule has 2 aliphatic heterocycles. The summed E-state index contributed by atoms with van der Waals surface area (Å²) in [5.74, 6) is 0.281. The molecule has 0 unspecified atom stereocenters. The summed E-state index contributed by atoms with van der Waals surface area (Å²) in [5, 5.41) is 4.66. The van der Waals surface area contributed by atoms with Crippen molar-refractivity contribution in [3.63, 3.8) is 0 Å². The zero-order valence-electron chi connectivity index (χ0n) is 15.5. The summed E-state index contributed by atoms with van der Waals surface area (Å²) in [6, 6.07) is 19.2. The number of aromatic nitrogens is 1. The predicted octanol–water partition coefficient (Wildman–Crippen LogP) is 3.64. The molecule has 0 amide bonds. The van der Waals surface area contributed by atoms with Crippen molar-refractivity contribution in [3.8, 4) is 5.69 Å². The van der Waals surface area contributed by atoms with Crippen molar-refractivity contribution in [2.24, 2.45) is 0 Å². The first kappa shape index (κ1) is 16.7. The van der Waals surface area contributed by atoms with Crippen LogP contribution in [0.2, 0.25) is 0 Å². The smallest absolute Gasteiger partial charge is 0.179 e. The molecule has 0 aliphatic carbocycles. The number of carbonyl (C=O) groups excluding carboxylic acids is 1. The summed E-state index contributed by atoms with van der Waals surface area (Å²) in [5.41, 5.74) is 3.11. The average molecular weight is 359 g/mol. The van der Waals surface area contributed by atoms with Gasteiger partial charge in [0.1, 0.15) is 0 Å². The Kier molecular flexibility index (Phi) is 4.30. The average Bonchev–Trinajstić information content (AvgIpc) is 3.47. The van der Waals surface area contributed by atoms with Crippen LogP contribution >= 0.6 is 0 Å². The summed E-state index contributed by atoms with van der Waals surface area (Å²) in [6.07, 6.45) is 5.36. The summed E-state index contributed by atoms with van der Waals surface area (Å²) >= 11 is 0. The van der Waals surface area contributed by atoms with Crippen LogP contribution in [0.3, 0.4) is 0 Å². The Hall–Kier alpha value is -2.43. The highest BCUT2D eigenvalue weighted by atomic mass is 16.1. The van der Waals surface area contributed by atoms with Gasteiger partial charge < -0.3 is 9.88 Å². The SMILES string of the molecule is O=C(c1ccc(-n2ccc3ccccc32)cc1)[C@H]1CCCN1[C@H]1CCNC1. The fraction of sp³-hybridized carbons (Fsp3) is 0.348. The van der Waals surface area contributed by atoms with E-state index in [4.69, 9.17) is 0 Å². The summed E-state index contributed by atoms with van der Waals surface area (Å²) in [4.78, 5) is 15.6. The molecule has 1 N–H and O–H groups in total. The minimum atomic E-state index is 0.0492. The van der Waals surface area contributed by atoms with Crippen LogP contribution in [0.5, 0.6) is 0 Å². The van der Waals surface area contributed by atoms with E-state index in [9.17, 15) is 4.79 Å². The van der Waals surface area contributed by atoms with Crippen molar-refractivity contribution in [1.82, 2.24) is 14.8 Å². The molecular weight excluding hydrogens is 334 g/mol. The number of benzene rings is 2. The second kappa shape index (κ2) is 6.95. The minimum Gasteiger partial charge on any atom is -0.317 e. The summed E-state index contributed by atoms with van der Waals surface area (Å²) < 4.78 is 2.18. The molecule has 138 valence electrons. The highest BCUT2D eigenvalue weighted by Crippen LogP contribution is 2.27. The van der Waals surface area contributed by atoms with E-state index in [-0.39, 0.29) is 11.8 Å². The number of fused-ring (bicyclic) bond motifs is 1. The normalized spacial score (nSPS) is 23.3. The molecule has 2 saturated heterocycles. The van der Waals surface area contributed by atoms with Gasteiger partial charge in [-0.15, -0.1) is 0 Å². The minimum absolute atomic E-state index is 0.0492. The zero-order valence-corrected chi connectivity index (χ0v) is 15.5. The summed E-state index contributed by atoms with van der Waals surface area (Å²) in [6.45, 7) is 3.14. The van der Waals surface area contributed by atoms with Crippen molar-refractivity contribution in [2.75, 3.05) is 19.6 Å². The van der Waals surface area contributed by atoms with Crippen LogP contribution in [0.1, 0.15) is 29.6 Å². The number of likely N-dealkylation sites (tertiary alicyclic amines) is 1. The monoisotopic (exact) mass is 359 g/mol. The Labute approximate surface area is 159 Å². The fourth-order valence-electron chi connectivity index (χ4n) is 4.72. The maximum atomic E-state index is 13.2. The number of carbonyl (C=O) groups is 1.